The summed E-state index contributed by atoms with van der Waals surface area (Å²) >= 11 is 0. The quantitative estimate of drug-likeness (QED) is 0.518. The molecule has 0 saturated heterocycles. The van der Waals surface area contributed by atoms with Gasteiger partial charge in [-0.3, -0.25) is 10.1 Å². The average molecular weight is 283 g/mol. The molecule has 0 radical (unpaired) electrons. The molecule has 0 aliphatic rings. The van der Waals surface area contributed by atoms with Crippen molar-refractivity contribution in [1.82, 2.24) is 0 Å². The highest BCUT2D eigenvalue weighted by Gasteiger charge is 2.13. The summed E-state index contributed by atoms with van der Waals surface area (Å²) in [7, 11) is 0. The summed E-state index contributed by atoms with van der Waals surface area (Å²) in [5, 5.41) is 19.7. The molecule has 5 heteroatoms. The van der Waals surface area contributed by atoms with Gasteiger partial charge in [-0.05, 0) is 17.2 Å². The van der Waals surface area contributed by atoms with Crippen molar-refractivity contribution < 1.29 is 14.8 Å². The summed E-state index contributed by atoms with van der Waals surface area (Å²) in [5.41, 5.74) is 2.23. The van der Waals surface area contributed by atoms with E-state index in [9.17, 15) is 14.9 Å². The van der Waals surface area contributed by atoms with Crippen LogP contribution in [0.5, 0.6) is 0 Å². The molecule has 0 fully saturated rings. The van der Waals surface area contributed by atoms with Crippen molar-refractivity contribution in [2.75, 3.05) is 0 Å². The minimum atomic E-state index is -1.03. The Kier molecular flexibility index (Phi) is 4.46. The number of carboxylic acid groups (broad SMARTS) is 1. The average Bonchev–Trinajstić information content (AvgIpc) is 2.46. The third-order valence-corrected chi connectivity index (χ3v) is 3.03. The van der Waals surface area contributed by atoms with Gasteiger partial charge < -0.3 is 5.11 Å². The van der Waals surface area contributed by atoms with Crippen LogP contribution < -0.4 is 0 Å². The second kappa shape index (κ2) is 6.47. The summed E-state index contributed by atoms with van der Waals surface area (Å²) < 4.78 is 0. The smallest absolute Gasteiger partial charge is 0.328 e. The first-order valence-corrected chi connectivity index (χ1v) is 6.29. The molecule has 106 valence electrons. The number of para-hydroxylation sites is 1. The molecule has 21 heavy (non-hydrogen) atoms. The van der Waals surface area contributed by atoms with E-state index in [1.807, 2.05) is 12.1 Å². The van der Waals surface area contributed by atoms with Gasteiger partial charge in [-0.2, -0.15) is 0 Å². The third kappa shape index (κ3) is 3.76. The van der Waals surface area contributed by atoms with Crippen LogP contribution in [0, 0.1) is 10.1 Å². The van der Waals surface area contributed by atoms with E-state index in [4.69, 9.17) is 5.11 Å². The molecular formula is C16H13NO4. The van der Waals surface area contributed by atoms with Crippen LogP contribution in [0.4, 0.5) is 5.69 Å². The van der Waals surface area contributed by atoms with Gasteiger partial charge in [-0.1, -0.05) is 42.5 Å². The van der Waals surface area contributed by atoms with Gasteiger partial charge in [-0.25, -0.2) is 4.79 Å². The second-order valence-corrected chi connectivity index (χ2v) is 4.43. The third-order valence-electron chi connectivity index (χ3n) is 3.03. The van der Waals surface area contributed by atoms with E-state index in [1.165, 1.54) is 12.1 Å². The van der Waals surface area contributed by atoms with E-state index in [2.05, 4.69) is 0 Å². The standard InChI is InChI=1S/C16H13NO4/c18-16(19)10-9-12-5-1-2-6-13(12)11-14-7-3-4-8-15(14)17(20)21/h1-10H,11H2,(H,18,19)/b10-9-. The molecule has 0 saturated carbocycles. The van der Waals surface area contributed by atoms with Gasteiger partial charge in [0.05, 0.1) is 4.92 Å². The van der Waals surface area contributed by atoms with Crippen molar-refractivity contribution >= 4 is 17.7 Å². The van der Waals surface area contributed by atoms with Crippen LogP contribution in [-0.4, -0.2) is 16.0 Å². The Morgan fingerprint density at radius 2 is 1.71 bits per heavy atom. The zero-order valence-electron chi connectivity index (χ0n) is 11.1. The highest BCUT2D eigenvalue weighted by Crippen LogP contribution is 2.23. The fourth-order valence-corrected chi connectivity index (χ4v) is 2.06. The summed E-state index contributed by atoms with van der Waals surface area (Å²) in [4.78, 5) is 21.2. The minimum Gasteiger partial charge on any atom is -0.478 e. The monoisotopic (exact) mass is 283 g/mol. The van der Waals surface area contributed by atoms with E-state index < -0.39 is 10.9 Å². The Hall–Kier alpha value is -2.95. The number of hydrogen-bond acceptors (Lipinski definition) is 3. The molecule has 0 atom stereocenters. The number of benzene rings is 2. The van der Waals surface area contributed by atoms with Crippen LogP contribution in [-0.2, 0) is 11.2 Å². The number of carbonyl (C=O) groups is 1. The van der Waals surface area contributed by atoms with Crippen molar-refractivity contribution in [3.8, 4) is 0 Å². The lowest BCUT2D eigenvalue weighted by Crippen LogP contribution is -1.98. The lowest BCUT2D eigenvalue weighted by molar-refractivity contribution is -0.385. The van der Waals surface area contributed by atoms with E-state index in [-0.39, 0.29) is 5.69 Å². The van der Waals surface area contributed by atoms with Gasteiger partial charge in [0.2, 0.25) is 0 Å². The first-order chi connectivity index (χ1) is 10.1. The molecule has 5 nitrogen and oxygen atoms in total. The zero-order chi connectivity index (χ0) is 15.2. The van der Waals surface area contributed by atoms with Crippen LogP contribution in [0.25, 0.3) is 6.08 Å². The van der Waals surface area contributed by atoms with Gasteiger partial charge in [0, 0.05) is 24.1 Å². The van der Waals surface area contributed by atoms with E-state index in [0.717, 1.165) is 17.2 Å². The molecule has 1 N–H and O–H groups in total. The van der Waals surface area contributed by atoms with Gasteiger partial charge in [0.15, 0.2) is 0 Å². The number of hydrogen-bond donors (Lipinski definition) is 1. The van der Waals surface area contributed by atoms with Crippen molar-refractivity contribution in [2.45, 2.75) is 6.42 Å². The van der Waals surface area contributed by atoms with Crippen LogP contribution in [0.15, 0.2) is 54.6 Å². The second-order valence-electron chi connectivity index (χ2n) is 4.43. The highest BCUT2D eigenvalue weighted by atomic mass is 16.6. The maximum absolute atomic E-state index is 11.0. The SMILES string of the molecule is O=C(O)/C=C\c1ccccc1Cc1ccccc1[N+](=O)[O-]. The molecule has 0 spiro atoms. The number of aliphatic carboxylic acids is 1. The molecule has 0 aliphatic carbocycles. The van der Waals surface area contributed by atoms with Crippen LogP contribution in [0.3, 0.4) is 0 Å². The van der Waals surface area contributed by atoms with Crippen molar-refractivity contribution in [3.63, 3.8) is 0 Å². The van der Waals surface area contributed by atoms with Gasteiger partial charge >= 0.3 is 5.97 Å². The van der Waals surface area contributed by atoms with Gasteiger partial charge in [0.25, 0.3) is 5.69 Å². The lowest BCUT2D eigenvalue weighted by Gasteiger charge is -2.06. The number of nitrogens with zero attached hydrogens (tertiary/aromatic N) is 1. The number of nitro benzene ring substituents is 1. The fourth-order valence-electron chi connectivity index (χ4n) is 2.06. The fraction of sp³-hybridized carbons (Fsp3) is 0.0625. The van der Waals surface area contributed by atoms with Crippen molar-refractivity contribution in [3.05, 3.63) is 81.4 Å². The predicted molar refractivity (Wildman–Crippen MR) is 79.0 cm³/mol. The number of carboxylic acids is 1. The molecule has 2 aromatic rings. The Bertz CT molecular complexity index is 707. The molecule has 2 rings (SSSR count). The highest BCUT2D eigenvalue weighted by molar-refractivity contribution is 5.85. The minimum absolute atomic E-state index is 0.0644. The summed E-state index contributed by atoms with van der Waals surface area (Å²) in [6.07, 6.45) is 2.92. The van der Waals surface area contributed by atoms with Crippen molar-refractivity contribution in [2.24, 2.45) is 0 Å². The predicted octanol–water partition coefficient (Wildman–Crippen LogP) is 3.28. The van der Waals surface area contributed by atoms with E-state index in [0.29, 0.717) is 12.0 Å². The molecule has 0 heterocycles. The van der Waals surface area contributed by atoms with Gasteiger partial charge in [-0.15, -0.1) is 0 Å². The molecule has 0 aromatic heterocycles. The molecule has 0 unspecified atom stereocenters. The Labute approximate surface area is 121 Å². The number of rotatable bonds is 5. The first kappa shape index (κ1) is 14.5. The molecule has 0 bridgehead atoms. The molecule has 0 amide bonds. The first-order valence-electron chi connectivity index (χ1n) is 6.29. The molecule has 0 aliphatic heterocycles. The van der Waals surface area contributed by atoms with Crippen LogP contribution in [0.1, 0.15) is 16.7 Å². The lowest BCUT2D eigenvalue weighted by atomic mass is 9.98. The van der Waals surface area contributed by atoms with Gasteiger partial charge in [0.1, 0.15) is 0 Å². The topological polar surface area (TPSA) is 80.4 Å². The van der Waals surface area contributed by atoms with E-state index in [1.54, 1.807) is 30.3 Å². The van der Waals surface area contributed by atoms with Crippen molar-refractivity contribution in [1.29, 1.82) is 0 Å². The normalized spacial score (nSPS) is 10.7. The largest absolute Gasteiger partial charge is 0.478 e. The Balaban J connectivity index is 2.37. The maximum atomic E-state index is 11.0. The molecular weight excluding hydrogens is 270 g/mol. The number of nitro groups is 1. The maximum Gasteiger partial charge on any atom is 0.328 e. The summed E-state index contributed by atoms with van der Waals surface area (Å²) in [6.45, 7) is 0. The van der Waals surface area contributed by atoms with Crippen LogP contribution in [0.2, 0.25) is 0 Å². The molecule has 2 aromatic carbocycles. The van der Waals surface area contributed by atoms with E-state index >= 15 is 0 Å². The van der Waals surface area contributed by atoms with Crippen LogP contribution >= 0.6 is 0 Å². The summed E-state index contributed by atoms with van der Waals surface area (Å²) in [6, 6.07) is 13.8. The summed E-state index contributed by atoms with van der Waals surface area (Å²) in [5.74, 6) is -1.03. The zero-order valence-corrected chi connectivity index (χ0v) is 11.1. The Morgan fingerprint density at radius 1 is 1.10 bits per heavy atom. The Morgan fingerprint density at radius 3 is 2.38 bits per heavy atom.